The SMILES string of the molecule is C/N=C\C(=C/NC(c1ccccc1)(c1ccccc1)c1ccccc1)c1ccc2ncnc(N3CCC(N4CCCCC4)CC3)c2c1. The minimum Gasteiger partial charge on any atom is -0.373 e. The summed E-state index contributed by atoms with van der Waals surface area (Å²) in [5.74, 6) is 1.03. The molecule has 4 aromatic carbocycles. The van der Waals surface area contributed by atoms with Gasteiger partial charge in [-0.05, 0) is 73.2 Å². The van der Waals surface area contributed by atoms with Gasteiger partial charge in [0.1, 0.15) is 17.7 Å². The van der Waals surface area contributed by atoms with Gasteiger partial charge in [0.05, 0.1) is 5.52 Å². The van der Waals surface area contributed by atoms with Gasteiger partial charge in [0.25, 0.3) is 0 Å². The fourth-order valence-corrected chi connectivity index (χ4v) is 7.54. The van der Waals surface area contributed by atoms with Gasteiger partial charge < -0.3 is 15.1 Å². The molecule has 5 aromatic rings. The van der Waals surface area contributed by atoms with E-state index in [1.54, 1.807) is 6.33 Å². The molecule has 0 saturated carbocycles. The van der Waals surface area contributed by atoms with Gasteiger partial charge >= 0.3 is 0 Å². The fourth-order valence-electron chi connectivity index (χ4n) is 7.54. The van der Waals surface area contributed by atoms with Crippen LogP contribution < -0.4 is 10.2 Å². The number of nitrogens with zero attached hydrogens (tertiary/aromatic N) is 5. The number of aliphatic imine (C=N–C) groups is 1. The van der Waals surface area contributed by atoms with Crippen LogP contribution in [0, 0.1) is 0 Å². The smallest absolute Gasteiger partial charge is 0.139 e. The first kappa shape index (κ1) is 30.8. The molecular weight excluding hydrogens is 576 g/mol. The number of rotatable bonds is 9. The highest BCUT2D eigenvalue weighted by molar-refractivity contribution is 6.11. The molecule has 0 bridgehead atoms. The van der Waals surface area contributed by atoms with E-state index in [1.807, 2.05) is 13.3 Å². The third-order valence-electron chi connectivity index (χ3n) is 9.95. The predicted molar refractivity (Wildman–Crippen MR) is 195 cm³/mol. The lowest BCUT2D eigenvalue weighted by atomic mass is 9.77. The van der Waals surface area contributed by atoms with Crippen LogP contribution in [-0.2, 0) is 5.54 Å². The zero-order valence-corrected chi connectivity index (χ0v) is 27.3. The van der Waals surface area contributed by atoms with E-state index < -0.39 is 5.54 Å². The zero-order chi connectivity index (χ0) is 31.9. The Hall–Kier alpha value is -4.81. The van der Waals surface area contributed by atoms with Gasteiger partial charge in [-0.2, -0.15) is 0 Å². The van der Waals surface area contributed by atoms with Crippen molar-refractivity contribution >= 4 is 28.5 Å². The second-order valence-electron chi connectivity index (χ2n) is 12.7. The molecule has 1 N–H and O–H groups in total. The van der Waals surface area contributed by atoms with Crippen LogP contribution >= 0.6 is 0 Å². The van der Waals surface area contributed by atoms with E-state index in [0.29, 0.717) is 6.04 Å². The van der Waals surface area contributed by atoms with E-state index >= 15 is 0 Å². The van der Waals surface area contributed by atoms with E-state index in [9.17, 15) is 0 Å². The molecule has 47 heavy (non-hydrogen) atoms. The lowest BCUT2D eigenvalue weighted by Gasteiger charge is -2.40. The maximum Gasteiger partial charge on any atom is 0.139 e. The van der Waals surface area contributed by atoms with Crippen molar-refractivity contribution in [1.82, 2.24) is 20.2 Å². The van der Waals surface area contributed by atoms with Crippen molar-refractivity contribution in [1.29, 1.82) is 0 Å². The molecule has 0 radical (unpaired) electrons. The van der Waals surface area contributed by atoms with Crippen molar-refractivity contribution in [3.63, 3.8) is 0 Å². The Labute approximate surface area is 278 Å². The molecule has 2 saturated heterocycles. The van der Waals surface area contributed by atoms with Gasteiger partial charge in [-0.15, -0.1) is 0 Å². The third kappa shape index (κ3) is 6.43. The van der Waals surface area contributed by atoms with Gasteiger partial charge in [-0.3, -0.25) is 4.99 Å². The van der Waals surface area contributed by atoms with Crippen molar-refractivity contribution in [3.8, 4) is 0 Å². The van der Waals surface area contributed by atoms with E-state index in [0.717, 1.165) is 57.6 Å². The van der Waals surface area contributed by atoms with Gasteiger partial charge in [0, 0.05) is 49.6 Å². The number of aromatic nitrogens is 2. The fraction of sp³-hybridized carbons (Fsp3) is 0.293. The van der Waals surface area contributed by atoms with Crippen LogP contribution in [0.2, 0.25) is 0 Å². The van der Waals surface area contributed by atoms with Crippen LogP contribution in [0.5, 0.6) is 0 Å². The molecule has 0 unspecified atom stereocenters. The van der Waals surface area contributed by atoms with Crippen LogP contribution in [0.25, 0.3) is 16.5 Å². The molecule has 2 fully saturated rings. The normalized spacial score (nSPS) is 17.0. The van der Waals surface area contributed by atoms with Crippen LogP contribution in [0.4, 0.5) is 5.82 Å². The predicted octanol–water partition coefficient (Wildman–Crippen LogP) is 7.71. The van der Waals surface area contributed by atoms with E-state index in [1.165, 1.54) is 45.2 Å². The zero-order valence-electron chi connectivity index (χ0n) is 27.3. The van der Waals surface area contributed by atoms with Crippen molar-refractivity contribution < 1.29 is 0 Å². The molecule has 0 amide bonds. The molecule has 2 aliphatic heterocycles. The number of hydrogen-bond donors (Lipinski definition) is 1. The Kier molecular flexibility index (Phi) is 9.38. The minimum absolute atomic E-state index is 0.625. The molecule has 7 rings (SSSR count). The highest BCUT2D eigenvalue weighted by Gasteiger charge is 2.35. The Morgan fingerprint density at radius 3 is 1.91 bits per heavy atom. The summed E-state index contributed by atoms with van der Waals surface area (Å²) in [5.41, 5.74) is 5.86. The number of piperidine rings is 2. The molecule has 0 aliphatic carbocycles. The quantitative estimate of drug-likeness (QED) is 0.135. The summed E-state index contributed by atoms with van der Waals surface area (Å²) in [6.45, 7) is 4.55. The lowest BCUT2D eigenvalue weighted by molar-refractivity contribution is 0.141. The first-order valence-corrected chi connectivity index (χ1v) is 17.1. The largest absolute Gasteiger partial charge is 0.373 e. The van der Waals surface area contributed by atoms with Gasteiger partial charge in [0.2, 0.25) is 0 Å². The second-order valence-corrected chi connectivity index (χ2v) is 12.7. The van der Waals surface area contributed by atoms with Crippen molar-refractivity contribution in [2.45, 2.75) is 43.7 Å². The van der Waals surface area contributed by atoms with Gasteiger partial charge in [-0.25, -0.2) is 9.97 Å². The third-order valence-corrected chi connectivity index (χ3v) is 9.95. The van der Waals surface area contributed by atoms with Crippen LogP contribution in [0.3, 0.4) is 0 Å². The summed E-state index contributed by atoms with van der Waals surface area (Å²) in [6.07, 6.45) is 12.2. The Morgan fingerprint density at radius 2 is 1.34 bits per heavy atom. The molecule has 6 heteroatoms. The summed E-state index contributed by atoms with van der Waals surface area (Å²) in [6, 6.07) is 39.2. The maximum absolute atomic E-state index is 4.85. The Balaban J connectivity index is 1.26. The first-order valence-electron chi connectivity index (χ1n) is 17.1. The summed E-state index contributed by atoms with van der Waals surface area (Å²) < 4.78 is 0. The first-order chi connectivity index (χ1) is 23.3. The number of hydrogen-bond acceptors (Lipinski definition) is 6. The molecule has 1 aromatic heterocycles. The van der Waals surface area contributed by atoms with E-state index in [4.69, 9.17) is 4.98 Å². The molecule has 2 aliphatic rings. The van der Waals surface area contributed by atoms with Crippen LogP contribution in [0.15, 0.2) is 127 Å². The average Bonchev–Trinajstić information content (AvgIpc) is 3.16. The number of allylic oxidation sites excluding steroid dienone is 1. The molecule has 238 valence electrons. The van der Waals surface area contributed by atoms with Crippen molar-refractivity contribution in [2.24, 2.45) is 4.99 Å². The Morgan fingerprint density at radius 1 is 0.745 bits per heavy atom. The maximum atomic E-state index is 4.85. The molecule has 6 nitrogen and oxygen atoms in total. The highest BCUT2D eigenvalue weighted by atomic mass is 15.2. The summed E-state index contributed by atoms with van der Waals surface area (Å²) in [4.78, 5) is 19.2. The average molecular weight is 621 g/mol. The van der Waals surface area contributed by atoms with E-state index in [2.05, 4.69) is 140 Å². The molecule has 0 spiro atoms. The summed E-state index contributed by atoms with van der Waals surface area (Å²) >= 11 is 0. The Bertz CT molecular complexity index is 1710. The molecular formula is C41H44N6. The van der Waals surface area contributed by atoms with Gasteiger partial charge in [-0.1, -0.05) is 103 Å². The summed E-state index contributed by atoms with van der Waals surface area (Å²) in [5, 5.41) is 5.01. The second kappa shape index (κ2) is 14.3. The molecule has 3 heterocycles. The van der Waals surface area contributed by atoms with Crippen molar-refractivity contribution in [2.75, 3.05) is 38.1 Å². The lowest BCUT2D eigenvalue weighted by Crippen LogP contribution is -2.47. The monoisotopic (exact) mass is 620 g/mol. The van der Waals surface area contributed by atoms with Crippen molar-refractivity contribution in [3.05, 3.63) is 144 Å². The number of likely N-dealkylation sites (tertiary alicyclic amines) is 1. The number of fused-ring (bicyclic) bond motifs is 1. The highest BCUT2D eigenvalue weighted by Crippen LogP contribution is 2.37. The topological polar surface area (TPSA) is 56.7 Å². The minimum atomic E-state index is -0.625. The van der Waals surface area contributed by atoms with Crippen LogP contribution in [-0.4, -0.2) is 60.4 Å². The summed E-state index contributed by atoms with van der Waals surface area (Å²) in [7, 11) is 1.83. The van der Waals surface area contributed by atoms with E-state index in [-0.39, 0.29) is 0 Å². The molecule has 0 atom stereocenters. The number of benzene rings is 4. The number of nitrogens with one attached hydrogen (secondary N) is 1. The standard InChI is InChI=1S/C41H44N6/c1-42-29-33(30-45-41(34-14-6-2-7-15-34,35-16-8-3-9-17-35)36-18-10-4-11-19-36)32-20-21-39-38(28-32)40(44-31-43-39)47-26-22-37(23-27-47)46-24-12-5-13-25-46/h2-4,6-11,14-21,28-31,37,45H,5,12-13,22-27H2,1H3/b33-30+,42-29-. The number of anilines is 1. The van der Waals surface area contributed by atoms with Crippen LogP contribution in [0.1, 0.15) is 54.4 Å². The van der Waals surface area contributed by atoms with Gasteiger partial charge in [0.15, 0.2) is 0 Å².